The Morgan fingerprint density at radius 2 is 1.90 bits per heavy atom. The Morgan fingerprint density at radius 1 is 1.17 bits per heavy atom. The summed E-state index contributed by atoms with van der Waals surface area (Å²) in [5, 5.41) is 3.71. The molecule has 0 fully saturated rings. The van der Waals surface area contributed by atoms with Crippen LogP contribution in [-0.2, 0) is 16.1 Å². The molecule has 0 aliphatic heterocycles. The van der Waals surface area contributed by atoms with Crippen molar-refractivity contribution in [1.29, 1.82) is 0 Å². The lowest BCUT2D eigenvalue weighted by Crippen LogP contribution is -2.49. The van der Waals surface area contributed by atoms with Gasteiger partial charge in [-0.3, -0.25) is 9.59 Å². The predicted molar refractivity (Wildman–Crippen MR) is 121 cm³/mol. The van der Waals surface area contributed by atoms with Crippen LogP contribution in [0.4, 0.5) is 0 Å². The van der Waals surface area contributed by atoms with Gasteiger partial charge in [-0.2, -0.15) is 0 Å². The molecule has 0 aliphatic carbocycles. The number of carbonyl (C=O) groups excluding carboxylic acids is 2. The number of hydrogen-bond donors (Lipinski definition) is 1. The molecule has 0 heterocycles. The summed E-state index contributed by atoms with van der Waals surface area (Å²) < 4.78 is 5.62. The summed E-state index contributed by atoms with van der Waals surface area (Å²) in [6, 6.07) is 12.0. The Morgan fingerprint density at radius 3 is 2.57 bits per heavy atom. The summed E-state index contributed by atoms with van der Waals surface area (Å²) in [7, 11) is 0. The number of unbranched alkanes of at least 4 members (excludes halogenated alkanes) is 1. The Kier molecular flexibility index (Phi) is 9.47. The molecule has 1 N–H and O–H groups in total. The van der Waals surface area contributed by atoms with E-state index < -0.39 is 6.04 Å². The molecule has 162 valence electrons. The van der Waals surface area contributed by atoms with Gasteiger partial charge in [0.25, 0.3) is 5.91 Å². The van der Waals surface area contributed by atoms with E-state index in [0.717, 1.165) is 24.0 Å². The number of rotatable bonds is 10. The van der Waals surface area contributed by atoms with Gasteiger partial charge in [0.1, 0.15) is 11.8 Å². The lowest BCUT2D eigenvalue weighted by Gasteiger charge is -2.29. The van der Waals surface area contributed by atoms with E-state index in [2.05, 4.69) is 12.2 Å². The van der Waals surface area contributed by atoms with Gasteiger partial charge in [-0.25, -0.2) is 0 Å². The second-order valence-corrected chi connectivity index (χ2v) is 7.98. The predicted octanol–water partition coefficient (Wildman–Crippen LogP) is 5.01. The molecule has 0 aromatic heterocycles. The van der Waals surface area contributed by atoms with Crippen molar-refractivity contribution in [2.75, 3.05) is 13.2 Å². The van der Waals surface area contributed by atoms with Gasteiger partial charge in [0, 0.05) is 18.1 Å². The number of nitrogens with zero attached hydrogens (tertiary/aromatic N) is 1. The second kappa shape index (κ2) is 11.8. The molecule has 0 radical (unpaired) electrons. The van der Waals surface area contributed by atoms with E-state index in [9.17, 15) is 9.59 Å². The molecular formula is C23H28Cl2N2O3. The molecule has 30 heavy (non-hydrogen) atoms. The van der Waals surface area contributed by atoms with Crippen LogP contribution in [0.5, 0.6) is 5.75 Å². The van der Waals surface area contributed by atoms with Gasteiger partial charge in [-0.1, -0.05) is 60.8 Å². The first-order valence-corrected chi connectivity index (χ1v) is 10.8. The van der Waals surface area contributed by atoms with Crippen molar-refractivity contribution < 1.29 is 14.3 Å². The van der Waals surface area contributed by atoms with Gasteiger partial charge < -0.3 is 15.0 Å². The lowest BCUT2D eigenvalue weighted by molar-refractivity contribution is -0.142. The molecule has 0 saturated heterocycles. The quantitative estimate of drug-likeness (QED) is 0.517. The van der Waals surface area contributed by atoms with Crippen LogP contribution in [0.2, 0.25) is 10.0 Å². The maximum atomic E-state index is 13.0. The van der Waals surface area contributed by atoms with Crippen LogP contribution in [0.15, 0.2) is 42.5 Å². The zero-order valence-electron chi connectivity index (χ0n) is 17.6. The SMILES string of the molecule is CCCCNC(=O)[C@@H](C)N(Cc1ccccc1C)C(=O)COc1ccc(Cl)cc1Cl. The first-order chi connectivity index (χ1) is 14.3. The number of aryl methyl sites for hydroxylation is 1. The number of halogens is 2. The van der Waals surface area contributed by atoms with E-state index in [0.29, 0.717) is 28.9 Å². The van der Waals surface area contributed by atoms with E-state index in [1.54, 1.807) is 25.1 Å². The minimum absolute atomic E-state index is 0.185. The number of ether oxygens (including phenoxy) is 1. The first kappa shape index (κ1) is 24.0. The Labute approximate surface area is 188 Å². The number of hydrogen-bond acceptors (Lipinski definition) is 3. The molecule has 5 nitrogen and oxygen atoms in total. The average molecular weight is 451 g/mol. The van der Waals surface area contributed by atoms with Crippen molar-refractivity contribution in [2.45, 2.75) is 46.2 Å². The van der Waals surface area contributed by atoms with Gasteiger partial charge in [0.05, 0.1) is 5.02 Å². The molecule has 0 spiro atoms. The highest BCUT2D eigenvalue weighted by atomic mass is 35.5. The molecule has 0 unspecified atom stereocenters. The van der Waals surface area contributed by atoms with E-state index in [4.69, 9.17) is 27.9 Å². The zero-order valence-corrected chi connectivity index (χ0v) is 19.1. The summed E-state index contributed by atoms with van der Waals surface area (Å²) in [6.07, 6.45) is 1.87. The van der Waals surface area contributed by atoms with E-state index in [1.807, 2.05) is 31.2 Å². The highest BCUT2D eigenvalue weighted by Crippen LogP contribution is 2.27. The van der Waals surface area contributed by atoms with Crippen LogP contribution in [0.3, 0.4) is 0 Å². The molecule has 2 aromatic carbocycles. The fraction of sp³-hybridized carbons (Fsp3) is 0.391. The Bertz CT molecular complexity index is 873. The highest BCUT2D eigenvalue weighted by molar-refractivity contribution is 6.35. The van der Waals surface area contributed by atoms with Gasteiger partial charge in [-0.05, 0) is 49.6 Å². The summed E-state index contributed by atoms with van der Waals surface area (Å²) in [4.78, 5) is 27.2. The van der Waals surface area contributed by atoms with Crippen molar-refractivity contribution in [2.24, 2.45) is 0 Å². The second-order valence-electron chi connectivity index (χ2n) is 7.13. The minimum atomic E-state index is -0.641. The van der Waals surface area contributed by atoms with Crippen molar-refractivity contribution in [1.82, 2.24) is 10.2 Å². The molecule has 0 saturated carbocycles. The number of nitrogens with one attached hydrogen (secondary N) is 1. The molecule has 0 bridgehead atoms. The highest BCUT2D eigenvalue weighted by Gasteiger charge is 2.26. The normalized spacial score (nSPS) is 11.6. The fourth-order valence-corrected chi connectivity index (χ4v) is 3.37. The fourth-order valence-electron chi connectivity index (χ4n) is 2.90. The van der Waals surface area contributed by atoms with E-state index in [-0.39, 0.29) is 18.4 Å². The molecule has 2 rings (SSSR count). The average Bonchev–Trinajstić information content (AvgIpc) is 2.72. The van der Waals surface area contributed by atoms with Crippen LogP contribution in [0.1, 0.15) is 37.8 Å². The zero-order chi connectivity index (χ0) is 22.1. The molecular weight excluding hydrogens is 423 g/mol. The van der Waals surface area contributed by atoms with Gasteiger partial charge >= 0.3 is 0 Å². The molecule has 0 aliphatic rings. The standard InChI is InChI=1S/C23H28Cl2N2O3/c1-4-5-12-26-23(29)17(3)27(14-18-9-7-6-8-16(18)2)22(28)15-30-21-11-10-19(24)13-20(21)25/h6-11,13,17H,4-5,12,14-15H2,1-3H3,(H,26,29)/t17-/m1/s1. The first-order valence-electron chi connectivity index (χ1n) is 10.0. The van der Waals surface area contributed by atoms with Crippen molar-refractivity contribution >= 4 is 35.0 Å². The topological polar surface area (TPSA) is 58.6 Å². The largest absolute Gasteiger partial charge is 0.482 e. The minimum Gasteiger partial charge on any atom is -0.482 e. The number of amides is 2. The number of carbonyl (C=O) groups is 2. The van der Waals surface area contributed by atoms with Crippen LogP contribution >= 0.6 is 23.2 Å². The summed E-state index contributed by atoms with van der Waals surface area (Å²) >= 11 is 12.0. The molecule has 1 atom stereocenters. The lowest BCUT2D eigenvalue weighted by atomic mass is 10.1. The van der Waals surface area contributed by atoms with Crippen LogP contribution in [0, 0.1) is 6.92 Å². The summed E-state index contributed by atoms with van der Waals surface area (Å²) in [5.41, 5.74) is 2.03. The molecule has 7 heteroatoms. The molecule has 2 amide bonds. The van der Waals surface area contributed by atoms with Gasteiger partial charge in [0.15, 0.2) is 6.61 Å². The van der Waals surface area contributed by atoms with Crippen LogP contribution in [-0.4, -0.2) is 35.9 Å². The third-order valence-corrected chi connectivity index (χ3v) is 5.37. The summed E-state index contributed by atoms with van der Waals surface area (Å²) in [5.74, 6) is -0.123. The van der Waals surface area contributed by atoms with Crippen molar-refractivity contribution in [3.05, 3.63) is 63.6 Å². The Balaban J connectivity index is 2.15. The monoisotopic (exact) mass is 450 g/mol. The van der Waals surface area contributed by atoms with Crippen LogP contribution in [0.25, 0.3) is 0 Å². The number of benzene rings is 2. The van der Waals surface area contributed by atoms with E-state index in [1.165, 1.54) is 4.90 Å². The van der Waals surface area contributed by atoms with Crippen molar-refractivity contribution in [3.63, 3.8) is 0 Å². The van der Waals surface area contributed by atoms with Gasteiger partial charge in [0.2, 0.25) is 5.91 Å². The smallest absolute Gasteiger partial charge is 0.261 e. The summed E-state index contributed by atoms with van der Waals surface area (Å²) in [6.45, 7) is 6.43. The maximum Gasteiger partial charge on any atom is 0.261 e. The van der Waals surface area contributed by atoms with Gasteiger partial charge in [-0.15, -0.1) is 0 Å². The van der Waals surface area contributed by atoms with E-state index >= 15 is 0 Å². The Hall–Kier alpha value is -2.24. The maximum absolute atomic E-state index is 13.0. The third kappa shape index (κ3) is 6.92. The van der Waals surface area contributed by atoms with Crippen molar-refractivity contribution in [3.8, 4) is 5.75 Å². The third-order valence-electron chi connectivity index (χ3n) is 4.84. The molecule has 2 aromatic rings. The van der Waals surface area contributed by atoms with Crippen LogP contribution < -0.4 is 10.1 Å².